The number of rotatable bonds is 7. The van der Waals surface area contributed by atoms with Gasteiger partial charge in [0.05, 0.1) is 29.0 Å². The van der Waals surface area contributed by atoms with Gasteiger partial charge in [-0.1, -0.05) is 30.9 Å². The molecule has 0 radical (unpaired) electrons. The number of carbonyl (C=O) groups is 1. The summed E-state index contributed by atoms with van der Waals surface area (Å²) in [5, 5.41) is 7.24. The molecule has 0 amide bonds. The van der Waals surface area contributed by atoms with Gasteiger partial charge in [-0.3, -0.25) is 9.80 Å². The third-order valence-electron chi connectivity index (χ3n) is 3.59. The summed E-state index contributed by atoms with van der Waals surface area (Å²) >= 11 is 1.57. The fraction of sp³-hybridized carbons (Fsp3) is 0.278. The van der Waals surface area contributed by atoms with Crippen LogP contribution in [-0.2, 0) is 7.05 Å². The lowest BCUT2D eigenvalue weighted by Crippen LogP contribution is -2.14. The van der Waals surface area contributed by atoms with E-state index in [1.807, 2.05) is 61.8 Å². The Morgan fingerprint density at radius 3 is 2.88 bits per heavy atom. The normalized spacial score (nSPS) is 12.6. The van der Waals surface area contributed by atoms with Crippen LogP contribution in [-0.4, -0.2) is 40.7 Å². The zero-order valence-corrected chi connectivity index (χ0v) is 15.3. The van der Waals surface area contributed by atoms with Crippen molar-refractivity contribution in [3.63, 3.8) is 0 Å². The van der Waals surface area contributed by atoms with Crippen LogP contribution in [0.15, 0.2) is 41.6 Å². The van der Waals surface area contributed by atoms with Gasteiger partial charge in [0.1, 0.15) is 10.3 Å². The topological polar surface area (TPSA) is 50.5 Å². The largest absolute Gasteiger partial charge is 0.331 e. The Morgan fingerprint density at radius 1 is 1.50 bits per heavy atom. The number of nitrogens with zero attached hydrogens (tertiary/aromatic N) is 4. The quantitative estimate of drug-likeness (QED) is 0.334. The second-order valence-electron chi connectivity index (χ2n) is 5.39. The van der Waals surface area contributed by atoms with Crippen LogP contribution in [0.5, 0.6) is 0 Å². The molecule has 0 unspecified atom stereocenters. The van der Waals surface area contributed by atoms with Gasteiger partial charge in [0.25, 0.3) is 0 Å². The van der Waals surface area contributed by atoms with E-state index in [2.05, 4.69) is 16.7 Å². The van der Waals surface area contributed by atoms with E-state index in [4.69, 9.17) is 0 Å². The van der Waals surface area contributed by atoms with Crippen LogP contribution in [0.25, 0.3) is 10.3 Å². The van der Waals surface area contributed by atoms with Crippen LogP contribution in [0.2, 0.25) is 0 Å². The van der Waals surface area contributed by atoms with Crippen molar-refractivity contribution in [2.75, 3.05) is 13.6 Å². The van der Waals surface area contributed by atoms with Crippen LogP contribution >= 0.6 is 11.3 Å². The number of likely N-dealkylation sites (N-methyl/N-ethyl adjacent to an activating group) is 1. The molecule has 0 aliphatic rings. The van der Waals surface area contributed by atoms with Gasteiger partial charge in [-0.05, 0) is 19.4 Å². The summed E-state index contributed by atoms with van der Waals surface area (Å²) in [6, 6.07) is 0. The maximum Gasteiger partial charge on any atom is 0.167 e. The molecule has 0 atom stereocenters. The van der Waals surface area contributed by atoms with Crippen molar-refractivity contribution in [2.24, 2.45) is 12.1 Å². The number of hydrogen-bond donors (Lipinski definition) is 0. The minimum absolute atomic E-state index is 0.592. The van der Waals surface area contributed by atoms with Crippen molar-refractivity contribution in [2.45, 2.75) is 13.8 Å². The van der Waals surface area contributed by atoms with Gasteiger partial charge >= 0.3 is 0 Å². The van der Waals surface area contributed by atoms with Gasteiger partial charge in [-0.2, -0.15) is 5.10 Å². The molecular formula is C18H22N4OS. The molecule has 5 nitrogen and oxygen atoms in total. The van der Waals surface area contributed by atoms with E-state index in [9.17, 15) is 4.79 Å². The number of hydrogen-bond acceptors (Lipinski definition) is 5. The molecule has 0 saturated heterocycles. The molecule has 0 bridgehead atoms. The number of aromatic nitrogens is 2. The van der Waals surface area contributed by atoms with Gasteiger partial charge in [-0.25, -0.2) is 4.98 Å². The molecule has 0 N–H and O–H groups in total. The Labute approximate surface area is 146 Å². The van der Waals surface area contributed by atoms with E-state index in [1.165, 1.54) is 0 Å². The van der Waals surface area contributed by atoms with Crippen LogP contribution < -0.4 is 0 Å². The zero-order valence-electron chi connectivity index (χ0n) is 14.5. The SMILES string of the molecule is C=C/C(=C\C=C/C)CN(C)/N=C\c1c(C=O)n(C)c2sc(C)nc12. The highest BCUT2D eigenvalue weighted by atomic mass is 32.1. The third-order valence-corrected chi connectivity index (χ3v) is 4.63. The first-order valence-electron chi connectivity index (χ1n) is 7.62. The number of carbonyl (C=O) groups excluding carboxylic acids is 1. The van der Waals surface area contributed by atoms with Gasteiger partial charge in [0.15, 0.2) is 6.29 Å². The lowest BCUT2D eigenvalue weighted by molar-refractivity contribution is 0.111. The summed E-state index contributed by atoms with van der Waals surface area (Å²) in [4.78, 5) is 17.0. The Kier molecular flexibility index (Phi) is 5.87. The first-order chi connectivity index (χ1) is 11.5. The number of thiazole rings is 1. The van der Waals surface area contributed by atoms with Crippen molar-refractivity contribution in [1.29, 1.82) is 0 Å². The minimum atomic E-state index is 0.592. The Morgan fingerprint density at radius 2 is 2.25 bits per heavy atom. The molecule has 6 heteroatoms. The highest BCUT2D eigenvalue weighted by molar-refractivity contribution is 7.18. The molecule has 2 heterocycles. The molecule has 0 aromatic carbocycles. The molecule has 2 rings (SSSR count). The monoisotopic (exact) mass is 342 g/mol. The number of aldehydes is 1. The smallest absolute Gasteiger partial charge is 0.167 e. The molecule has 2 aromatic heterocycles. The number of fused-ring (bicyclic) bond motifs is 1. The van der Waals surface area contributed by atoms with Crippen LogP contribution in [0.1, 0.15) is 28.0 Å². The van der Waals surface area contributed by atoms with E-state index in [-0.39, 0.29) is 0 Å². The number of allylic oxidation sites excluding steroid dienone is 3. The van der Waals surface area contributed by atoms with Crippen LogP contribution in [0.4, 0.5) is 0 Å². The summed E-state index contributed by atoms with van der Waals surface area (Å²) in [7, 11) is 3.76. The summed E-state index contributed by atoms with van der Waals surface area (Å²) < 4.78 is 1.87. The first-order valence-corrected chi connectivity index (χ1v) is 8.43. The molecule has 24 heavy (non-hydrogen) atoms. The Bertz CT molecular complexity index is 839. The zero-order chi connectivity index (χ0) is 17.7. The molecule has 0 aliphatic heterocycles. The van der Waals surface area contributed by atoms with E-state index >= 15 is 0 Å². The van der Waals surface area contributed by atoms with Gasteiger partial charge in [0, 0.05) is 14.1 Å². The molecule has 0 saturated carbocycles. The molecule has 0 fully saturated rings. The van der Waals surface area contributed by atoms with Gasteiger partial charge in [0.2, 0.25) is 0 Å². The molecular weight excluding hydrogens is 320 g/mol. The Balaban J connectivity index is 2.29. The molecule has 126 valence electrons. The second kappa shape index (κ2) is 7.88. The number of hydrazone groups is 1. The summed E-state index contributed by atoms with van der Waals surface area (Å²) in [5.41, 5.74) is 3.24. The maximum atomic E-state index is 11.4. The van der Waals surface area contributed by atoms with Crippen molar-refractivity contribution in [3.8, 4) is 0 Å². The summed E-state index contributed by atoms with van der Waals surface area (Å²) in [6.45, 7) is 8.38. The van der Waals surface area contributed by atoms with Crippen LogP contribution in [0.3, 0.4) is 0 Å². The molecule has 0 aliphatic carbocycles. The van der Waals surface area contributed by atoms with Gasteiger partial charge in [-0.15, -0.1) is 11.3 Å². The number of aryl methyl sites for hydroxylation is 2. The van der Waals surface area contributed by atoms with Crippen molar-refractivity contribution < 1.29 is 4.79 Å². The highest BCUT2D eigenvalue weighted by Crippen LogP contribution is 2.27. The lowest BCUT2D eigenvalue weighted by Gasteiger charge is -2.13. The van der Waals surface area contributed by atoms with Crippen molar-refractivity contribution in [1.82, 2.24) is 14.6 Å². The van der Waals surface area contributed by atoms with Gasteiger partial charge < -0.3 is 4.57 Å². The third kappa shape index (κ3) is 3.71. The molecule has 0 spiro atoms. The van der Waals surface area contributed by atoms with E-state index in [0.29, 0.717) is 12.2 Å². The van der Waals surface area contributed by atoms with Crippen LogP contribution in [0, 0.1) is 6.92 Å². The summed E-state index contributed by atoms with van der Waals surface area (Å²) in [6.07, 6.45) is 10.3. The average Bonchev–Trinajstić information content (AvgIpc) is 3.05. The van der Waals surface area contributed by atoms with E-state index in [1.54, 1.807) is 17.6 Å². The van der Waals surface area contributed by atoms with Crippen molar-refractivity contribution >= 4 is 34.2 Å². The summed E-state index contributed by atoms with van der Waals surface area (Å²) in [5.74, 6) is 0. The predicted molar refractivity (Wildman–Crippen MR) is 102 cm³/mol. The predicted octanol–water partition coefficient (Wildman–Crippen LogP) is 3.71. The maximum absolute atomic E-state index is 11.4. The standard InChI is InChI=1S/C18H22N4OS/c1-6-8-9-14(7-2)11-21(4)19-10-15-16(12-23)22(5)18-17(15)20-13(3)24-18/h6-10,12H,2,11H2,1,3-5H3/b8-6-,14-9+,19-10-. The Hall–Kier alpha value is -2.47. The fourth-order valence-electron chi connectivity index (χ4n) is 2.37. The van der Waals surface area contributed by atoms with E-state index < -0.39 is 0 Å². The first kappa shape index (κ1) is 17.9. The second-order valence-corrected chi connectivity index (χ2v) is 6.58. The lowest BCUT2D eigenvalue weighted by atomic mass is 10.2. The highest BCUT2D eigenvalue weighted by Gasteiger charge is 2.17. The molecule has 2 aromatic rings. The average molecular weight is 342 g/mol. The van der Waals surface area contributed by atoms with Crippen molar-refractivity contribution in [3.05, 3.63) is 52.7 Å². The minimum Gasteiger partial charge on any atom is -0.331 e. The van der Waals surface area contributed by atoms with E-state index in [0.717, 1.165) is 32.8 Å². The fourth-order valence-corrected chi connectivity index (χ4v) is 3.27.